The van der Waals surface area contributed by atoms with Crippen molar-refractivity contribution < 1.29 is 19.1 Å². The SMILES string of the molecule is COc1ccc(N2C(=O)C(c3cccs3)=C(N(C)c3ccccc3)C2=O)cc1OC. The number of hydrogen-bond acceptors (Lipinski definition) is 6. The number of nitrogens with zero attached hydrogens (tertiary/aromatic N) is 2. The summed E-state index contributed by atoms with van der Waals surface area (Å²) < 4.78 is 10.6. The van der Waals surface area contributed by atoms with E-state index in [2.05, 4.69) is 0 Å². The minimum absolute atomic E-state index is 0.337. The molecule has 6 nitrogen and oxygen atoms in total. The zero-order valence-electron chi connectivity index (χ0n) is 16.8. The third-order valence-electron chi connectivity index (χ3n) is 4.93. The van der Waals surface area contributed by atoms with Crippen molar-refractivity contribution in [1.82, 2.24) is 0 Å². The van der Waals surface area contributed by atoms with Gasteiger partial charge in [-0.05, 0) is 35.7 Å². The van der Waals surface area contributed by atoms with Crippen molar-refractivity contribution in [3.63, 3.8) is 0 Å². The summed E-state index contributed by atoms with van der Waals surface area (Å²) in [5, 5.41) is 1.89. The third-order valence-corrected chi connectivity index (χ3v) is 5.82. The molecule has 0 atom stereocenters. The predicted octanol–water partition coefficient (Wildman–Crippen LogP) is 4.19. The second-order valence-electron chi connectivity index (χ2n) is 6.58. The van der Waals surface area contributed by atoms with Crippen molar-refractivity contribution in [3.05, 3.63) is 76.6 Å². The number of methoxy groups -OCH3 is 2. The van der Waals surface area contributed by atoms with E-state index < -0.39 is 0 Å². The quantitative estimate of drug-likeness (QED) is 0.560. The van der Waals surface area contributed by atoms with Crippen molar-refractivity contribution in [3.8, 4) is 11.5 Å². The molecular weight excluding hydrogens is 400 g/mol. The molecule has 1 aliphatic heterocycles. The second kappa shape index (κ2) is 8.04. The lowest BCUT2D eigenvalue weighted by Gasteiger charge is -2.22. The molecule has 1 aromatic heterocycles. The van der Waals surface area contributed by atoms with E-state index in [4.69, 9.17) is 9.47 Å². The van der Waals surface area contributed by atoms with Gasteiger partial charge in [0, 0.05) is 23.7 Å². The Labute approximate surface area is 178 Å². The van der Waals surface area contributed by atoms with E-state index in [0.717, 1.165) is 10.6 Å². The van der Waals surface area contributed by atoms with E-state index >= 15 is 0 Å². The zero-order valence-corrected chi connectivity index (χ0v) is 17.6. The van der Waals surface area contributed by atoms with Gasteiger partial charge in [0.1, 0.15) is 5.70 Å². The molecule has 0 radical (unpaired) electrons. The lowest BCUT2D eigenvalue weighted by Crippen LogP contribution is -2.34. The molecule has 0 N–H and O–H groups in total. The van der Waals surface area contributed by atoms with Gasteiger partial charge in [0.15, 0.2) is 11.5 Å². The number of ether oxygens (including phenoxy) is 2. The van der Waals surface area contributed by atoms with Crippen LogP contribution in [0.25, 0.3) is 5.57 Å². The van der Waals surface area contributed by atoms with Crippen LogP contribution in [0.2, 0.25) is 0 Å². The standard InChI is InChI=1S/C23H20N2O4S/c1-24(15-8-5-4-6-9-15)21-20(19-10-7-13-30-19)22(26)25(23(21)27)16-11-12-17(28-2)18(14-16)29-3/h4-14H,1-3H3. The Kier molecular flexibility index (Phi) is 5.29. The molecular formula is C23H20N2O4S. The number of thiophene rings is 1. The lowest BCUT2D eigenvalue weighted by atomic mass is 10.1. The smallest absolute Gasteiger partial charge is 0.282 e. The number of anilines is 2. The lowest BCUT2D eigenvalue weighted by molar-refractivity contribution is -0.120. The molecule has 30 heavy (non-hydrogen) atoms. The number of rotatable bonds is 6. The van der Waals surface area contributed by atoms with Crippen molar-refractivity contribution in [2.45, 2.75) is 0 Å². The van der Waals surface area contributed by atoms with Gasteiger partial charge in [-0.2, -0.15) is 0 Å². The van der Waals surface area contributed by atoms with Gasteiger partial charge in [-0.25, -0.2) is 4.90 Å². The molecule has 0 unspecified atom stereocenters. The highest BCUT2D eigenvalue weighted by atomic mass is 32.1. The third kappa shape index (κ3) is 3.23. The van der Waals surface area contributed by atoms with E-state index in [1.54, 1.807) is 30.1 Å². The van der Waals surface area contributed by atoms with E-state index in [9.17, 15) is 9.59 Å². The molecule has 4 rings (SSSR count). The molecule has 2 heterocycles. The average molecular weight is 420 g/mol. The van der Waals surface area contributed by atoms with Crippen LogP contribution in [0.3, 0.4) is 0 Å². The van der Waals surface area contributed by atoms with Gasteiger partial charge in [0.05, 0.1) is 25.5 Å². The van der Waals surface area contributed by atoms with Gasteiger partial charge in [-0.1, -0.05) is 24.3 Å². The maximum atomic E-state index is 13.5. The molecule has 0 saturated heterocycles. The number of para-hydroxylation sites is 1. The predicted molar refractivity (Wildman–Crippen MR) is 118 cm³/mol. The number of imide groups is 1. The number of amides is 2. The van der Waals surface area contributed by atoms with Crippen molar-refractivity contribution in [2.24, 2.45) is 0 Å². The van der Waals surface area contributed by atoms with Crippen LogP contribution in [0.5, 0.6) is 11.5 Å². The molecule has 0 aliphatic carbocycles. The Hall–Kier alpha value is -3.58. The number of carbonyl (C=O) groups excluding carboxylic acids is 2. The number of hydrogen-bond donors (Lipinski definition) is 0. The Morgan fingerprint density at radius 2 is 1.60 bits per heavy atom. The average Bonchev–Trinajstić information content (AvgIpc) is 3.39. The normalized spacial score (nSPS) is 13.8. The van der Waals surface area contributed by atoms with Gasteiger partial charge in [0.2, 0.25) is 0 Å². The highest BCUT2D eigenvalue weighted by Crippen LogP contribution is 2.39. The van der Waals surface area contributed by atoms with Crippen LogP contribution in [0.1, 0.15) is 4.88 Å². The fourth-order valence-corrected chi connectivity index (χ4v) is 4.21. The summed E-state index contributed by atoms with van der Waals surface area (Å²) in [6, 6.07) is 18.2. The Bertz CT molecular complexity index is 1120. The molecule has 0 spiro atoms. The Morgan fingerprint density at radius 3 is 2.23 bits per heavy atom. The second-order valence-corrected chi connectivity index (χ2v) is 7.53. The number of carbonyl (C=O) groups is 2. The maximum Gasteiger partial charge on any atom is 0.282 e. The summed E-state index contributed by atoms with van der Waals surface area (Å²) >= 11 is 1.42. The molecule has 1 aliphatic rings. The van der Waals surface area contributed by atoms with Crippen LogP contribution in [-0.4, -0.2) is 33.1 Å². The molecule has 0 bridgehead atoms. The number of benzene rings is 2. The van der Waals surface area contributed by atoms with Gasteiger partial charge in [0.25, 0.3) is 11.8 Å². The fraction of sp³-hybridized carbons (Fsp3) is 0.130. The van der Waals surface area contributed by atoms with Crippen LogP contribution in [0.4, 0.5) is 11.4 Å². The minimum atomic E-state index is -0.387. The van der Waals surface area contributed by atoms with Crippen LogP contribution >= 0.6 is 11.3 Å². The largest absolute Gasteiger partial charge is 0.493 e. The zero-order chi connectivity index (χ0) is 21.3. The summed E-state index contributed by atoms with van der Waals surface area (Å²) in [6.07, 6.45) is 0. The number of likely N-dealkylation sites (N-methyl/N-ethyl adjacent to an activating group) is 1. The molecule has 0 fully saturated rings. The van der Waals surface area contributed by atoms with E-state index in [1.807, 2.05) is 47.8 Å². The first-order chi connectivity index (χ1) is 14.6. The maximum absolute atomic E-state index is 13.5. The first kappa shape index (κ1) is 19.7. The van der Waals surface area contributed by atoms with Crippen molar-refractivity contribution >= 4 is 40.1 Å². The van der Waals surface area contributed by atoms with E-state index in [-0.39, 0.29) is 11.8 Å². The van der Waals surface area contributed by atoms with Gasteiger partial charge in [-0.3, -0.25) is 9.59 Å². The van der Waals surface area contributed by atoms with Crippen molar-refractivity contribution in [2.75, 3.05) is 31.1 Å². The molecule has 7 heteroatoms. The van der Waals surface area contributed by atoms with Crippen LogP contribution in [0.15, 0.2) is 71.7 Å². The fourth-order valence-electron chi connectivity index (χ4n) is 3.45. The highest BCUT2D eigenvalue weighted by molar-refractivity contribution is 7.11. The van der Waals surface area contributed by atoms with Crippen LogP contribution in [0, 0.1) is 0 Å². The van der Waals surface area contributed by atoms with Crippen molar-refractivity contribution in [1.29, 1.82) is 0 Å². The summed E-state index contributed by atoms with van der Waals surface area (Å²) in [6.45, 7) is 0. The topological polar surface area (TPSA) is 59.1 Å². The van der Waals surface area contributed by atoms with Crippen LogP contribution < -0.4 is 19.3 Å². The monoisotopic (exact) mass is 420 g/mol. The summed E-state index contributed by atoms with van der Waals surface area (Å²) in [7, 11) is 4.84. The summed E-state index contributed by atoms with van der Waals surface area (Å²) in [5.41, 5.74) is 1.96. The van der Waals surface area contributed by atoms with E-state index in [1.165, 1.54) is 30.5 Å². The van der Waals surface area contributed by atoms with Crippen LogP contribution in [-0.2, 0) is 9.59 Å². The first-order valence-corrected chi connectivity index (χ1v) is 10.1. The first-order valence-electron chi connectivity index (χ1n) is 9.24. The van der Waals surface area contributed by atoms with E-state index in [0.29, 0.717) is 28.5 Å². The Balaban J connectivity index is 1.83. The summed E-state index contributed by atoms with van der Waals surface area (Å²) in [5.74, 6) is 0.209. The van der Waals surface area contributed by atoms with Gasteiger partial charge >= 0.3 is 0 Å². The van der Waals surface area contributed by atoms with Gasteiger partial charge in [-0.15, -0.1) is 11.3 Å². The molecule has 3 aromatic rings. The molecule has 2 aromatic carbocycles. The summed E-state index contributed by atoms with van der Waals surface area (Å²) in [4.78, 5) is 30.7. The minimum Gasteiger partial charge on any atom is -0.493 e. The Morgan fingerprint density at radius 1 is 0.867 bits per heavy atom. The molecule has 152 valence electrons. The molecule has 0 saturated carbocycles. The molecule has 2 amide bonds. The van der Waals surface area contributed by atoms with Gasteiger partial charge < -0.3 is 14.4 Å². The highest BCUT2D eigenvalue weighted by Gasteiger charge is 2.42.